The first-order valence-electron chi connectivity index (χ1n) is 8.40. The molecule has 116 valence electrons. The summed E-state index contributed by atoms with van der Waals surface area (Å²) in [5.74, 6) is 0. The molecule has 2 atom stereocenters. The highest BCUT2D eigenvalue weighted by Gasteiger charge is 2.40. The van der Waals surface area contributed by atoms with Crippen LogP contribution < -0.4 is 0 Å². The summed E-state index contributed by atoms with van der Waals surface area (Å²) in [4.78, 5) is 2.92. The predicted octanol–water partition coefficient (Wildman–Crippen LogP) is 5.40. The molecule has 22 heavy (non-hydrogen) atoms. The van der Waals surface area contributed by atoms with Gasteiger partial charge >= 0.3 is 0 Å². The van der Waals surface area contributed by atoms with Gasteiger partial charge in [0.2, 0.25) is 0 Å². The SMILES string of the molecule is C[N@+]12CCCC[C@H]1CCC(=C(c1cccs1)c1cccs1)C2. The van der Waals surface area contributed by atoms with E-state index in [0.29, 0.717) is 0 Å². The molecule has 0 aromatic carbocycles. The smallest absolute Gasteiger partial charge is 0.101 e. The second-order valence-electron chi connectivity index (χ2n) is 6.98. The second-order valence-corrected chi connectivity index (χ2v) is 8.88. The molecule has 2 aromatic heterocycles. The van der Waals surface area contributed by atoms with E-state index in [1.165, 1.54) is 59.4 Å². The molecule has 3 heteroatoms. The maximum atomic E-state index is 2.50. The first-order valence-corrected chi connectivity index (χ1v) is 10.2. The highest BCUT2D eigenvalue weighted by Crippen LogP contribution is 2.41. The Kier molecular flexibility index (Phi) is 3.97. The lowest BCUT2D eigenvalue weighted by Gasteiger charge is -2.48. The van der Waals surface area contributed by atoms with Crippen LogP contribution in [0, 0.1) is 0 Å². The van der Waals surface area contributed by atoms with E-state index in [1.54, 1.807) is 11.1 Å². The average molecular weight is 331 g/mol. The summed E-state index contributed by atoms with van der Waals surface area (Å²) in [5.41, 5.74) is 3.25. The molecule has 2 aromatic rings. The van der Waals surface area contributed by atoms with Gasteiger partial charge in [-0.15, -0.1) is 22.7 Å². The van der Waals surface area contributed by atoms with Crippen LogP contribution in [0.2, 0.25) is 0 Å². The molecule has 0 bridgehead atoms. The Morgan fingerprint density at radius 1 is 1.05 bits per heavy atom. The summed E-state index contributed by atoms with van der Waals surface area (Å²) in [6.45, 7) is 2.63. The fraction of sp³-hybridized carbons (Fsp3) is 0.474. The van der Waals surface area contributed by atoms with Gasteiger partial charge < -0.3 is 4.48 Å². The fourth-order valence-corrected chi connectivity index (χ4v) is 6.11. The Balaban J connectivity index is 1.76. The number of rotatable bonds is 2. The van der Waals surface area contributed by atoms with E-state index >= 15 is 0 Å². The molecule has 2 aliphatic rings. The third kappa shape index (κ3) is 2.60. The Morgan fingerprint density at radius 3 is 2.41 bits per heavy atom. The number of quaternary nitrogens is 1. The quantitative estimate of drug-likeness (QED) is 0.646. The minimum atomic E-state index is 0.908. The van der Waals surface area contributed by atoms with E-state index < -0.39 is 0 Å². The monoisotopic (exact) mass is 330 g/mol. The molecule has 0 amide bonds. The molecule has 0 radical (unpaired) electrons. The molecule has 4 rings (SSSR count). The van der Waals surface area contributed by atoms with E-state index in [2.05, 4.69) is 42.1 Å². The van der Waals surface area contributed by atoms with Crippen LogP contribution >= 0.6 is 22.7 Å². The van der Waals surface area contributed by atoms with Crippen molar-refractivity contribution in [1.82, 2.24) is 0 Å². The molecular weight excluding hydrogens is 306 g/mol. The maximum absolute atomic E-state index is 2.50. The average Bonchev–Trinajstić information content (AvgIpc) is 3.20. The van der Waals surface area contributed by atoms with Gasteiger partial charge in [-0.1, -0.05) is 12.1 Å². The summed E-state index contributed by atoms with van der Waals surface area (Å²) in [7, 11) is 2.50. The largest absolute Gasteiger partial charge is 0.320 e. The van der Waals surface area contributed by atoms with Crippen LogP contribution in [-0.2, 0) is 0 Å². The summed E-state index contributed by atoms with van der Waals surface area (Å²) in [6.07, 6.45) is 6.97. The zero-order valence-corrected chi connectivity index (χ0v) is 14.9. The third-order valence-electron chi connectivity index (χ3n) is 5.56. The molecular formula is C19H24NS2+. The van der Waals surface area contributed by atoms with Crippen LogP contribution in [0.25, 0.3) is 5.57 Å². The number of hydrogen-bond donors (Lipinski definition) is 0. The summed E-state index contributed by atoms with van der Waals surface area (Å²) in [6, 6.07) is 9.89. The molecule has 1 nitrogen and oxygen atoms in total. The van der Waals surface area contributed by atoms with E-state index in [4.69, 9.17) is 0 Å². The van der Waals surface area contributed by atoms with Crippen molar-refractivity contribution in [2.75, 3.05) is 20.1 Å². The van der Waals surface area contributed by atoms with Gasteiger partial charge in [0, 0.05) is 21.7 Å². The van der Waals surface area contributed by atoms with Crippen molar-refractivity contribution in [3.05, 3.63) is 50.4 Å². The summed E-state index contributed by atoms with van der Waals surface area (Å²) in [5, 5.41) is 4.43. The normalized spacial score (nSPS) is 28.4. The van der Waals surface area contributed by atoms with Gasteiger partial charge in [0.15, 0.2) is 0 Å². The van der Waals surface area contributed by atoms with Gasteiger partial charge in [-0.2, -0.15) is 0 Å². The van der Waals surface area contributed by atoms with Gasteiger partial charge in [0.1, 0.15) is 6.54 Å². The third-order valence-corrected chi connectivity index (χ3v) is 7.33. The van der Waals surface area contributed by atoms with Gasteiger partial charge in [-0.05, 0) is 54.1 Å². The number of hydrogen-bond acceptors (Lipinski definition) is 2. The molecule has 2 aliphatic heterocycles. The molecule has 0 saturated carbocycles. The van der Waals surface area contributed by atoms with Gasteiger partial charge in [-0.3, -0.25) is 0 Å². The Hall–Kier alpha value is -0.900. The number of fused-ring (bicyclic) bond motifs is 1. The second kappa shape index (κ2) is 5.95. The van der Waals surface area contributed by atoms with E-state index in [9.17, 15) is 0 Å². The Labute approximate surface area is 141 Å². The van der Waals surface area contributed by atoms with Crippen molar-refractivity contribution in [2.24, 2.45) is 0 Å². The number of thiophene rings is 2. The Bertz CT molecular complexity index is 617. The lowest BCUT2D eigenvalue weighted by Crippen LogP contribution is -2.58. The highest BCUT2D eigenvalue weighted by atomic mass is 32.1. The van der Waals surface area contributed by atoms with Crippen molar-refractivity contribution in [1.29, 1.82) is 0 Å². The topological polar surface area (TPSA) is 0 Å². The van der Waals surface area contributed by atoms with Crippen LogP contribution in [0.4, 0.5) is 0 Å². The van der Waals surface area contributed by atoms with E-state index in [0.717, 1.165) is 6.04 Å². The minimum absolute atomic E-state index is 0.908. The van der Waals surface area contributed by atoms with Crippen molar-refractivity contribution in [3.63, 3.8) is 0 Å². The van der Waals surface area contributed by atoms with E-state index in [-0.39, 0.29) is 0 Å². The van der Waals surface area contributed by atoms with Crippen LogP contribution in [0.1, 0.15) is 41.9 Å². The maximum Gasteiger partial charge on any atom is 0.101 e. The zero-order valence-electron chi connectivity index (χ0n) is 13.3. The number of piperidine rings is 2. The molecule has 0 N–H and O–H groups in total. The highest BCUT2D eigenvalue weighted by molar-refractivity contribution is 7.13. The summed E-state index contributed by atoms with van der Waals surface area (Å²) < 4.78 is 1.29. The van der Waals surface area contributed by atoms with Crippen LogP contribution in [0.15, 0.2) is 40.6 Å². The van der Waals surface area contributed by atoms with Crippen molar-refractivity contribution < 1.29 is 4.48 Å². The molecule has 2 saturated heterocycles. The minimum Gasteiger partial charge on any atom is -0.320 e. The summed E-state index contributed by atoms with van der Waals surface area (Å²) >= 11 is 3.79. The number of nitrogens with zero attached hydrogens (tertiary/aromatic N) is 1. The first kappa shape index (κ1) is 14.7. The number of likely N-dealkylation sites (N-methyl/N-ethyl adjacent to an activating group) is 1. The van der Waals surface area contributed by atoms with E-state index in [1.807, 2.05) is 22.7 Å². The van der Waals surface area contributed by atoms with Crippen LogP contribution in [0.5, 0.6) is 0 Å². The molecule has 0 spiro atoms. The first-order chi connectivity index (χ1) is 10.8. The van der Waals surface area contributed by atoms with Crippen molar-refractivity contribution in [2.45, 2.75) is 38.1 Å². The predicted molar refractivity (Wildman–Crippen MR) is 97.5 cm³/mol. The van der Waals surface area contributed by atoms with Gasteiger partial charge in [0.05, 0.1) is 19.6 Å². The van der Waals surface area contributed by atoms with Crippen LogP contribution in [-0.4, -0.2) is 30.7 Å². The molecule has 4 heterocycles. The molecule has 0 aliphatic carbocycles. The van der Waals surface area contributed by atoms with Crippen molar-refractivity contribution >= 4 is 28.2 Å². The Morgan fingerprint density at radius 2 is 1.77 bits per heavy atom. The van der Waals surface area contributed by atoms with Crippen LogP contribution in [0.3, 0.4) is 0 Å². The van der Waals surface area contributed by atoms with Gasteiger partial charge in [0.25, 0.3) is 0 Å². The standard InChI is InChI=1S/C19H24NS2/c1-20-11-3-2-6-16(20)10-9-15(14-20)19(17-7-4-12-21-17)18-8-5-13-22-18/h4-5,7-8,12-13,16H,2-3,6,9-11,14H2,1H3/q+1/t16-,20+/m0/s1. The lowest BCUT2D eigenvalue weighted by atomic mass is 9.85. The molecule has 0 unspecified atom stereocenters. The van der Waals surface area contributed by atoms with Crippen molar-refractivity contribution in [3.8, 4) is 0 Å². The molecule has 2 fully saturated rings. The lowest BCUT2D eigenvalue weighted by molar-refractivity contribution is -0.937. The zero-order chi connectivity index (χ0) is 15.0. The fourth-order valence-electron chi connectivity index (χ4n) is 4.38. The van der Waals surface area contributed by atoms with Gasteiger partial charge in [-0.25, -0.2) is 0 Å².